The van der Waals surface area contributed by atoms with E-state index in [9.17, 15) is 86.9 Å². The van der Waals surface area contributed by atoms with Crippen LogP contribution in [-0.4, -0.2) is 214 Å². The predicted molar refractivity (Wildman–Crippen MR) is 323 cm³/mol. The van der Waals surface area contributed by atoms with Crippen LogP contribution in [0.25, 0.3) is 0 Å². The van der Waals surface area contributed by atoms with Gasteiger partial charge in [-0.25, -0.2) is 0 Å². The van der Waals surface area contributed by atoms with E-state index in [2.05, 4.69) is 58.5 Å². The van der Waals surface area contributed by atoms with Crippen molar-refractivity contribution < 1.29 is 92.0 Å². The van der Waals surface area contributed by atoms with Gasteiger partial charge in [-0.05, 0) is 102 Å². The summed E-state index contributed by atoms with van der Waals surface area (Å²) in [5.41, 5.74) is 22.2. The number of aliphatic hydroxyl groups excluding tert-OH is 1. The van der Waals surface area contributed by atoms with E-state index in [0.717, 1.165) is 0 Å². The number of carboxylic acid groups (broad SMARTS) is 2. The van der Waals surface area contributed by atoms with Crippen molar-refractivity contribution in [3.8, 4) is 0 Å². The predicted octanol–water partition coefficient (Wildman–Crippen LogP) is -6.71. The molecule has 0 spiro atoms. The van der Waals surface area contributed by atoms with Gasteiger partial charge in [-0.15, -0.1) is 0 Å². The Labute approximate surface area is 527 Å². The molecule has 1 heterocycles. The van der Waals surface area contributed by atoms with Gasteiger partial charge < -0.3 is 102 Å². The molecule has 1 aliphatic heterocycles. The van der Waals surface area contributed by atoms with Gasteiger partial charge in [0.25, 0.3) is 0 Å². The highest BCUT2D eigenvalue weighted by atomic mass is 16.4. The number of carbonyl (C=O) groups is 16. The minimum absolute atomic E-state index is 0.0130. The molecular weight excluding hydrogens is 1200 g/mol. The number of carboxylic acids is 2. The van der Waals surface area contributed by atoms with Gasteiger partial charge in [0.15, 0.2) is 0 Å². The normalized spacial score (nSPS) is 16.1. The standard InChI is InChI=1S/C56H96N16O19/c1-27(2)22-32(58)47(81)66-33(14-17-40(59)74)49(83)67-34(15-18-41(60)75)51(85)70-38(26-73)48(82)61-24-42(76)63-30(7)46(80)65-35(16-19-44(78)79)50(84)69-37(23-28(3)4)52(86)71-45(29(5)6)54(88)68-36(12-9-10-20-57)55(89)72-21-11-13-39(72)53(87)62-25-43(77)64-31(8)56(90)91/h27-39,45,73H,9-26,57-58H2,1-8H3,(H2,59,74)(H2,60,75)(H,61,82)(H,62,87)(H,63,76)(H,64,77)(H,65,80)(H,66,81)(H,67,83)(H,68,88)(H,69,84)(H,70,85)(H,71,86)(H,78,79)(H,90,91)/t30-,31-,32-,33-,34-,35-,36-,37-,38-,39-,45-/m0/s1. The number of aliphatic carboxylic acids is 2. The van der Waals surface area contributed by atoms with E-state index >= 15 is 0 Å². The molecule has 0 saturated carbocycles. The number of likely N-dealkylation sites (tertiary alicyclic amines) is 1. The number of hydrogen-bond donors (Lipinski definition) is 18. The maximum absolute atomic E-state index is 14.2. The summed E-state index contributed by atoms with van der Waals surface area (Å²) in [6.07, 6.45) is -1.17. The van der Waals surface area contributed by atoms with Crippen molar-refractivity contribution in [1.29, 1.82) is 0 Å². The van der Waals surface area contributed by atoms with Crippen LogP contribution in [0.3, 0.4) is 0 Å². The van der Waals surface area contributed by atoms with Crippen molar-refractivity contribution in [2.75, 3.05) is 32.8 Å². The Morgan fingerprint density at radius 3 is 1.44 bits per heavy atom. The number of nitrogens with one attached hydrogen (secondary N) is 11. The van der Waals surface area contributed by atoms with E-state index < -0.39 is 212 Å². The topological polar surface area (TPSA) is 573 Å². The molecule has 35 heteroatoms. The van der Waals surface area contributed by atoms with Crippen molar-refractivity contribution in [3.63, 3.8) is 0 Å². The molecule has 35 nitrogen and oxygen atoms in total. The minimum Gasteiger partial charge on any atom is -0.481 e. The average Bonchev–Trinajstić information content (AvgIpc) is 2.11. The molecule has 0 aromatic rings. The van der Waals surface area contributed by atoms with E-state index in [0.29, 0.717) is 19.3 Å². The number of amides is 14. The molecule has 0 bridgehead atoms. The first kappa shape index (κ1) is 80.4. The smallest absolute Gasteiger partial charge is 0.325 e. The zero-order valence-electron chi connectivity index (χ0n) is 52.9. The lowest BCUT2D eigenvalue weighted by Gasteiger charge is -2.31. The summed E-state index contributed by atoms with van der Waals surface area (Å²) in [6.45, 7) is 10.5. The van der Waals surface area contributed by atoms with Crippen LogP contribution < -0.4 is 81.4 Å². The van der Waals surface area contributed by atoms with E-state index in [1.54, 1.807) is 41.5 Å². The van der Waals surface area contributed by atoms with Crippen molar-refractivity contribution in [2.24, 2.45) is 40.7 Å². The van der Waals surface area contributed by atoms with Gasteiger partial charge in [-0.1, -0.05) is 41.5 Å². The highest BCUT2D eigenvalue weighted by Gasteiger charge is 2.40. The second kappa shape index (κ2) is 40.9. The third kappa shape index (κ3) is 30.6. The fraction of sp³-hybridized carbons (Fsp3) is 0.714. The Kier molecular flexibility index (Phi) is 36.2. The Morgan fingerprint density at radius 1 is 0.495 bits per heavy atom. The molecule has 1 rings (SSSR count). The van der Waals surface area contributed by atoms with Crippen LogP contribution in [0.1, 0.15) is 139 Å². The number of carbonyl (C=O) groups excluding carboxylic acids is 14. The molecule has 22 N–H and O–H groups in total. The lowest BCUT2D eigenvalue weighted by atomic mass is 9.98. The Hall–Kier alpha value is -8.60. The molecule has 11 atom stereocenters. The van der Waals surface area contributed by atoms with Gasteiger partial charge in [0.05, 0.1) is 25.7 Å². The van der Waals surface area contributed by atoms with Gasteiger partial charge in [0.2, 0.25) is 82.7 Å². The molecule has 514 valence electrons. The number of hydrogen-bond acceptors (Lipinski definition) is 19. The van der Waals surface area contributed by atoms with Crippen LogP contribution in [-0.2, 0) is 76.7 Å². The third-order valence-electron chi connectivity index (χ3n) is 14.1. The maximum atomic E-state index is 14.2. The summed E-state index contributed by atoms with van der Waals surface area (Å²) in [5.74, 6) is -16.3. The summed E-state index contributed by atoms with van der Waals surface area (Å²) < 4.78 is 0. The van der Waals surface area contributed by atoms with Crippen molar-refractivity contribution in [1.82, 2.24) is 63.4 Å². The molecule has 0 aliphatic carbocycles. The SMILES string of the molecule is CC(C)C[C@H](NC(=O)[C@H](CCC(=O)O)NC(=O)[C@H](C)NC(=O)CNC(=O)[C@H](CO)NC(=O)[C@H](CCC(N)=O)NC(=O)[C@H](CCC(N)=O)NC(=O)[C@@H](N)CC(C)C)C(=O)N[C@H](C(=O)N[C@@H](CCCCN)C(=O)N1CCC[C@H]1C(=O)NCC(=O)N[C@@H](C)C(=O)O)C(C)C. The molecule has 1 saturated heterocycles. The molecule has 0 aromatic carbocycles. The van der Waals surface area contributed by atoms with Crippen LogP contribution in [0.2, 0.25) is 0 Å². The molecular formula is C56H96N16O19. The van der Waals surface area contributed by atoms with Gasteiger partial charge >= 0.3 is 11.9 Å². The van der Waals surface area contributed by atoms with E-state index in [4.69, 9.17) is 28.0 Å². The summed E-state index contributed by atoms with van der Waals surface area (Å²) in [5, 5.41) is 54.9. The first-order valence-corrected chi connectivity index (χ1v) is 30.2. The summed E-state index contributed by atoms with van der Waals surface area (Å²) in [6, 6.07) is -15.3. The molecule has 91 heavy (non-hydrogen) atoms. The lowest BCUT2D eigenvalue weighted by molar-refractivity contribution is -0.143. The van der Waals surface area contributed by atoms with Crippen molar-refractivity contribution in [2.45, 2.75) is 205 Å². The second-order valence-electron chi connectivity index (χ2n) is 23.4. The largest absolute Gasteiger partial charge is 0.481 e. The highest BCUT2D eigenvalue weighted by molar-refractivity contribution is 5.99. The number of aliphatic hydroxyl groups is 1. The van der Waals surface area contributed by atoms with Gasteiger partial charge in [-0.3, -0.25) is 76.7 Å². The minimum atomic E-state index is -1.80. The first-order valence-electron chi connectivity index (χ1n) is 30.2. The van der Waals surface area contributed by atoms with E-state index in [1.165, 1.54) is 18.7 Å². The molecule has 0 unspecified atom stereocenters. The average molecular weight is 1300 g/mol. The highest BCUT2D eigenvalue weighted by Crippen LogP contribution is 2.21. The molecule has 1 aliphatic rings. The number of nitrogens with two attached hydrogens (primary N) is 4. The van der Waals surface area contributed by atoms with Crippen LogP contribution in [0.15, 0.2) is 0 Å². The molecule has 1 fully saturated rings. The third-order valence-corrected chi connectivity index (χ3v) is 14.1. The first-order chi connectivity index (χ1) is 42.5. The Morgan fingerprint density at radius 2 is 0.956 bits per heavy atom. The fourth-order valence-electron chi connectivity index (χ4n) is 9.14. The van der Waals surface area contributed by atoms with E-state index in [1.807, 2.05) is 0 Å². The Balaban J connectivity index is 3.22. The van der Waals surface area contributed by atoms with Gasteiger partial charge in [0.1, 0.15) is 60.4 Å². The van der Waals surface area contributed by atoms with E-state index in [-0.39, 0.29) is 63.5 Å². The number of nitrogens with zero attached hydrogens (tertiary/aromatic N) is 1. The Bertz CT molecular complexity index is 2570. The zero-order valence-corrected chi connectivity index (χ0v) is 52.9. The van der Waals surface area contributed by atoms with Crippen molar-refractivity contribution in [3.05, 3.63) is 0 Å². The van der Waals surface area contributed by atoms with Crippen LogP contribution in [0.5, 0.6) is 0 Å². The van der Waals surface area contributed by atoms with Crippen LogP contribution >= 0.6 is 0 Å². The fourth-order valence-corrected chi connectivity index (χ4v) is 9.14. The number of primary amides is 2. The molecule has 14 amide bonds. The van der Waals surface area contributed by atoms with Gasteiger partial charge in [-0.2, -0.15) is 0 Å². The molecule has 0 aromatic heterocycles. The van der Waals surface area contributed by atoms with Gasteiger partial charge in [0, 0.05) is 25.8 Å². The summed E-state index contributed by atoms with van der Waals surface area (Å²) >= 11 is 0. The molecule has 0 radical (unpaired) electrons. The summed E-state index contributed by atoms with van der Waals surface area (Å²) in [7, 11) is 0. The zero-order chi connectivity index (χ0) is 69.4. The van der Waals surface area contributed by atoms with Crippen LogP contribution in [0.4, 0.5) is 0 Å². The maximum Gasteiger partial charge on any atom is 0.325 e. The lowest BCUT2D eigenvalue weighted by Crippen LogP contribution is -2.60. The summed E-state index contributed by atoms with van der Waals surface area (Å²) in [4.78, 5) is 209. The van der Waals surface area contributed by atoms with Crippen LogP contribution in [0, 0.1) is 17.8 Å². The van der Waals surface area contributed by atoms with Crippen molar-refractivity contribution >= 4 is 94.6 Å². The number of rotatable bonds is 43. The quantitative estimate of drug-likeness (QED) is 0.0252. The second-order valence-corrected chi connectivity index (χ2v) is 23.4. The number of unbranched alkanes of at least 4 members (excludes halogenated alkanes) is 1. The monoisotopic (exact) mass is 1300 g/mol.